The van der Waals surface area contributed by atoms with E-state index in [9.17, 15) is 0 Å². The van der Waals surface area contributed by atoms with E-state index in [2.05, 4.69) is 207 Å². The summed E-state index contributed by atoms with van der Waals surface area (Å²) in [5.74, 6) is 0. The molecule has 0 aromatic heterocycles. The third-order valence-corrected chi connectivity index (χ3v) is 11.5. The summed E-state index contributed by atoms with van der Waals surface area (Å²) in [5.41, 5.74) is 16.2. The van der Waals surface area contributed by atoms with Crippen molar-refractivity contribution in [2.24, 2.45) is 0 Å². The van der Waals surface area contributed by atoms with Gasteiger partial charge in [-0.25, -0.2) is 0 Å². The second-order valence-electron chi connectivity index (χ2n) is 14.5. The number of hydrogen-bond donors (Lipinski definition) is 0. The van der Waals surface area contributed by atoms with Crippen molar-refractivity contribution in [3.05, 3.63) is 221 Å². The number of nitrogens with zero attached hydrogens (tertiary/aromatic N) is 1. The molecule has 0 saturated heterocycles. The van der Waals surface area contributed by atoms with Gasteiger partial charge >= 0.3 is 0 Å². The number of para-hydroxylation sites is 1. The van der Waals surface area contributed by atoms with E-state index in [-0.39, 0.29) is 5.41 Å². The van der Waals surface area contributed by atoms with E-state index in [0.717, 1.165) is 11.4 Å². The summed E-state index contributed by atoms with van der Waals surface area (Å²) in [6, 6.07) is 69.7. The molecule has 0 amide bonds. The molecule has 8 aromatic rings. The van der Waals surface area contributed by atoms with Gasteiger partial charge in [-0.1, -0.05) is 159 Å². The van der Waals surface area contributed by atoms with Crippen molar-refractivity contribution in [2.45, 2.75) is 24.7 Å². The Hall–Kier alpha value is -6.18. The van der Waals surface area contributed by atoms with E-state index in [1.807, 2.05) is 0 Å². The van der Waals surface area contributed by atoms with Gasteiger partial charge in [0, 0.05) is 22.4 Å². The standard InChI is InChI=1S/C50H37N/c1-49(2)43-25-14-13-24-41(43)48-45(49)27-16-28-47(48)51(38-21-10-5-11-22-38)39-30-29-34-32-42-40-23-12-15-26-44(40)50(36-17-6-3-7-18-36,37-19-8-4-9-20-37)46(42)33-35(34)31-39/h3-33H,1-2H3. The zero-order chi connectivity index (χ0) is 34.2. The average Bonchev–Trinajstić information content (AvgIpc) is 3.61. The number of benzene rings is 8. The Kier molecular flexibility index (Phi) is 6.51. The van der Waals surface area contributed by atoms with Crippen LogP contribution in [0.5, 0.6) is 0 Å². The van der Waals surface area contributed by atoms with Gasteiger partial charge in [-0.2, -0.15) is 0 Å². The summed E-state index contributed by atoms with van der Waals surface area (Å²) >= 11 is 0. The lowest BCUT2D eigenvalue weighted by atomic mass is 9.67. The van der Waals surface area contributed by atoms with Gasteiger partial charge in [0.15, 0.2) is 0 Å². The second-order valence-corrected chi connectivity index (χ2v) is 14.5. The van der Waals surface area contributed by atoms with Crippen LogP contribution in [-0.4, -0.2) is 0 Å². The normalized spacial score (nSPS) is 14.4. The first kappa shape index (κ1) is 29.7. The second kappa shape index (κ2) is 11.2. The minimum absolute atomic E-state index is 0.0819. The lowest BCUT2D eigenvalue weighted by Crippen LogP contribution is -2.28. The maximum atomic E-state index is 2.48. The first-order chi connectivity index (χ1) is 25.1. The minimum atomic E-state index is -0.437. The highest BCUT2D eigenvalue weighted by Gasteiger charge is 2.46. The molecule has 0 N–H and O–H groups in total. The van der Waals surface area contributed by atoms with Gasteiger partial charge in [0.05, 0.1) is 11.1 Å². The van der Waals surface area contributed by atoms with E-state index in [1.165, 1.54) is 72.1 Å². The Morgan fingerprint density at radius 2 is 0.961 bits per heavy atom. The van der Waals surface area contributed by atoms with Crippen LogP contribution in [-0.2, 0) is 10.8 Å². The molecule has 1 heteroatoms. The van der Waals surface area contributed by atoms with Gasteiger partial charge in [-0.15, -0.1) is 0 Å². The van der Waals surface area contributed by atoms with Crippen LogP contribution in [0.3, 0.4) is 0 Å². The number of rotatable bonds is 5. The van der Waals surface area contributed by atoms with E-state index >= 15 is 0 Å². The predicted octanol–water partition coefficient (Wildman–Crippen LogP) is 13.0. The molecule has 0 fully saturated rings. The third-order valence-electron chi connectivity index (χ3n) is 11.5. The fraction of sp³-hybridized carbons (Fsp3) is 0.0800. The smallest absolute Gasteiger partial charge is 0.0713 e. The van der Waals surface area contributed by atoms with Crippen LogP contribution in [0.15, 0.2) is 188 Å². The molecule has 0 aliphatic heterocycles. The lowest BCUT2D eigenvalue weighted by Gasteiger charge is -2.34. The van der Waals surface area contributed by atoms with Crippen LogP contribution >= 0.6 is 0 Å². The maximum Gasteiger partial charge on any atom is 0.0713 e. The first-order valence-electron chi connectivity index (χ1n) is 17.9. The summed E-state index contributed by atoms with van der Waals surface area (Å²) in [4.78, 5) is 2.46. The Morgan fingerprint density at radius 1 is 0.373 bits per heavy atom. The van der Waals surface area contributed by atoms with Crippen LogP contribution in [0, 0.1) is 0 Å². The summed E-state index contributed by atoms with van der Waals surface area (Å²) < 4.78 is 0. The fourth-order valence-electron chi connectivity index (χ4n) is 9.24. The molecule has 0 bridgehead atoms. The number of fused-ring (bicyclic) bond motifs is 7. The lowest BCUT2D eigenvalue weighted by molar-refractivity contribution is 0.660. The van der Waals surface area contributed by atoms with Crippen LogP contribution in [0.2, 0.25) is 0 Å². The van der Waals surface area contributed by atoms with Crippen LogP contribution in [0.25, 0.3) is 33.0 Å². The zero-order valence-corrected chi connectivity index (χ0v) is 28.8. The highest BCUT2D eigenvalue weighted by molar-refractivity contribution is 6.00. The van der Waals surface area contributed by atoms with Gasteiger partial charge in [0.2, 0.25) is 0 Å². The molecule has 0 heterocycles. The molecule has 10 rings (SSSR count). The van der Waals surface area contributed by atoms with E-state index < -0.39 is 5.41 Å². The van der Waals surface area contributed by atoms with Crippen LogP contribution in [0.1, 0.15) is 47.2 Å². The monoisotopic (exact) mass is 651 g/mol. The van der Waals surface area contributed by atoms with Crippen molar-refractivity contribution in [2.75, 3.05) is 4.90 Å². The van der Waals surface area contributed by atoms with Crippen LogP contribution in [0.4, 0.5) is 17.1 Å². The Morgan fingerprint density at radius 3 is 1.67 bits per heavy atom. The molecule has 0 radical (unpaired) electrons. The highest BCUT2D eigenvalue weighted by atomic mass is 15.1. The average molecular weight is 652 g/mol. The van der Waals surface area contributed by atoms with Gasteiger partial charge in [-0.3, -0.25) is 0 Å². The minimum Gasteiger partial charge on any atom is -0.310 e. The highest BCUT2D eigenvalue weighted by Crippen LogP contribution is 2.58. The fourth-order valence-corrected chi connectivity index (χ4v) is 9.24. The Balaban J connectivity index is 1.24. The largest absolute Gasteiger partial charge is 0.310 e. The van der Waals surface area contributed by atoms with Crippen molar-refractivity contribution >= 4 is 27.8 Å². The van der Waals surface area contributed by atoms with E-state index in [1.54, 1.807) is 0 Å². The number of hydrogen-bond acceptors (Lipinski definition) is 1. The van der Waals surface area contributed by atoms with Gasteiger partial charge in [0.25, 0.3) is 0 Å². The van der Waals surface area contributed by atoms with Crippen molar-refractivity contribution in [1.29, 1.82) is 0 Å². The van der Waals surface area contributed by atoms with Crippen molar-refractivity contribution in [3.8, 4) is 22.3 Å². The molecule has 2 aliphatic rings. The first-order valence-corrected chi connectivity index (χ1v) is 17.9. The molecule has 1 nitrogen and oxygen atoms in total. The molecule has 0 unspecified atom stereocenters. The maximum absolute atomic E-state index is 2.48. The topological polar surface area (TPSA) is 3.24 Å². The molecular formula is C50H37N. The summed E-state index contributed by atoms with van der Waals surface area (Å²) in [7, 11) is 0. The number of anilines is 3. The summed E-state index contributed by atoms with van der Waals surface area (Å²) in [6.45, 7) is 4.71. The van der Waals surface area contributed by atoms with Crippen molar-refractivity contribution in [3.63, 3.8) is 0 Å². The summed E-state index contributed by atoms with van der Waals surface area (Å²) in [6.07, 6.45) is 0. The van der Waals surface area contributed by atoms with Crippen molar-refractivity contribution in [1.82, 2.24) is 0 Å². The molecule has 0 spiro atoms. The quantitative estimate of drug-likeness (QED) is 0.179. The molecular weight excluding hydrogens is 615 g/mol. The van der Waals surface area contributed by atoms with Gasteiger partial charge in [-0.05, 0) is 103 Å². The Bertz CT molecular complexity index is 2560. The van der Waals surface area contributed by atoms with Crippen LogP contribution < -0.4 is 4.90 Å². The molecule has 242 valence electrons. The summed E-state index contributed by atoms with van der Waals surface area (Å²) in [5, 5.41) is 2.46. The molecule has 0 atom stereocenters. The van der Waals surface area contributed by atoms with Crippen molar-refractivity contribution < 1.29 is 0 Å². The van der Waals surface area contributed by atoms with Gasteiger partial charge < -0.3 is 4.90 Å². The molecule has 8 aromatic carbocycles. The van der Waals surface area contributed by atoms with E-state index in [0.29, 0.717) is 0 Å². The zero-order valence-electron chi connectivity index (χ0n) is 28.8. The molecule has 0 saturated carbocycles. The SMILES string of the molecule is CC1(C)c2ccccc2-c2c(N(c3ccccc3)c3ccc4cc5c(cc4c3)C(c3ccccc3)(c3ccccc3)c3ccccc3-5)cccc21. The van der Waals surface area contributed by atoms with E-state index in [4.69, 9.17) is 0 Å². The van der Waals surface area contributed by atoms with Gasteiger partial charge in [0.1, 0.15) is 0 Å². The predicted molar refractivity (Wildman–Crippen MR) is 213 cm³/mol. The molecule has 2 aliphatic carbocycles. The Labute approximate surface area is 300 Å². The molecule has 51 heavy (non-hydrogen) atoms. The third kappa shape index (κ3) is 4.22.